The lowest BCUT2D eigenvalue weighted by atomic mass is 9.71. The first-order chi connectivity index (χ1) is 21.8. The molecular weight excluding hydrogens is 586 g/mol. The molecule has 0 aromatic carbocycles. The molecule has 0 aromatic rings. The minimum absolute atomic E-state index is 0.0625. The van der Waals surface area contributed by atoms with Crippen LogP contribution >= 0.6 is 0 Å². The van der Waals surface area contributed by atoms with Crippen molar-refractivity contribution in [2.45, 2.75) is 129 Å². The molecule has 258 valence electrons. The van der Waals surface area contributed by atoms with E-state index in [0.29, 0.717) is 49.4 Å². The second-order valence-electron chi connectivity index (χ2n) is 14.3. The Labute approximate surface area is 275 Å². The lowest BCUT2D eigenvalue weighted by Gasteiger charge is -2.46. The van der Waals surface area contributed by atoms with Crippen LogP contribution in [0.4, 0.5) is 0 Å². The molecule has 0 aromatic heterocycles. The van der Waals surface area contributed by atoms with E-state index in [4.69, 9.17) is 23.8 Å². The Hall–Kier alpha value is -2.11. The maximum Gasteiger partial charge on any atom is 0.316 e. The third-order valence-corrected chi connectivity index (χ3v) is 9.63. The third-order valence-electron chi connectivity index (χ3n) is 9.63. The maximum atomic E-state index is 14.2. The van der Waals surface area contributed by atoms with Crippen LogP contribution in [0.25, 0.3) is 0 Å². The molecule has 9 nitrogen and oxygen atoms in total. The normalized spacial score (nSPS) is 36.5. The van der Waals surface area contributed by atoms with Crippen molar-refractivity contribution in [1.82, 2.24) is 5.48 Å². The van der Waals surface area contributed by atoms with Gasteiger partial charge in [0.05, 0.1) is 26.4 Å². The van der Waals surface area contributed by atoms with Gasteiger partial charge in [-0.2, -0.15) is 5.48 Å². The second-order valence-corrected chi connectivity index (χ2v) is 14.3. The molecule has 2 fully saturated rings. The summed E-state index contributed by atoms with van der Waals surface area (Å²) in [7, 11) is 1.60. The van der Waals surface area contributed by atoms with E-state index in [1.165, 1.54) is 5.57 Å². The summed E-state index contributed by atoms with van der Waals surface area (Å²) in [6.07, 6.45) is 12.7. The van der Waals surface area contributed by atoms with Crippen LogP contribution in [-0.2, 0) is 28.6 Å². The Morgan fingerprint density at radius 2 is 2.02 bits per heavy atom. The minimum Gasteiger partial charge on any atom is -0.462 e. The van der Waals surface area contributed by atoms with Gasteiger partial charge in [-0.3, -0.25) is 4.79 Å². The van der Waals surface area contributed by atoms with Gasteiger partial charge in [0, 0.05) is 25.3 Å². The number of hydroxylamine groups is 1. The van der Waals surface area contributed by atoms with Gasteiger partial charge in [0.15, 0.2) is 5.79 Å². The summed E-state index contributed by atoms with van der Waals surface area (Å²) in [6.45, 7) is 14.9. The highest BCUT2D eigenvalue weighted by Gasteiger charge is 2.60. The summed E-state index contributed by atoms with van der Waals surface area (Å²) in [5, 5.41) is 23.2. The van der Waals surface area contributed by atoms with E-state index in [-0.39, 0.29) is 24.7 Å². The number of ether oxygens (including phenoxy) is 4. The topological polar surface area (TPSA) is 116 Å². The average molecular weight is 644 g/mol. The summed E-state index contributed by atoms with van der Waals surface area (Å²) in [4.78, 5) is 19.5. The molecule has 3 unspecified atom stereocenters. The Morgan fingerprint density at radius 3 is 2.72 bits per heavy atom. The van der Waals surface area contributed by atoms with Crippen molar-refractivity contribution in [3.05, 3.63) is 58.7 Å². The van der Waals surface area contributed by atoms with Crippen LogP contribution in [0.1, 0.15) is 87.0 Å². The number of fused-ring (bicyclic) bond motifs is 2. The highest BCUT2D eigenvalue weighted by atomic mass is 16.7. The minimum atomic E-state index is -1.73. The van der Waals surface area contributed by atoms with Crippen molar-refractivity contribution in [3.8, 4) is 0 Å². The molecular formula is C37H57NO8. The monoisotopic (exact) mass is 643 g/mol. The molecule has 0 spiro atoms. The van der Waals surface area contributed by atoms with Crippen molar-refractivity contribution in [2.24, 2.45) is 17.8 Å². The van der Waals surface area contributed by atoms with Crippen molar-refractivity contribution in [3.63, 3.8) is 0 Å². The quantitative estimate of drug-likeness (QED) is 0.167. The van der Waals surface area contributed by atoms with E-state index < -0.39 is 41.6 Å². The number of aliphatic hydroxyl groups is 2. The van der Waals surface area contributed by atoms with Crippen molar-refractivity contribution in [1.29, 1.82) is 0 Å². The number of hydrogen-bond acceptors (Lipinski definition) is 9. The summed E-state index contributed by atoms with van der Waals surface area (Å²) in [5.74, 6) is -2.02. The van der Waals surface area contributed by atoms with Gasteiger partial charge in [0.25, 0.3) is 0 Å². The molecule has 9 atom stereocenters. The summed E-state index contributed by atoms with van der Waals surface area (Å²) in [5.41, 5.74) is 4.83. The van der Waals surface area contributed by atoms with Crippen LogP contribution in [0, 0.1) is 17.8 Å². The average Bonchev–Trinajstić information content (AvgIpc) is 3.32. The summed E-state index contributed by atoms with van der Waals surface area (Å²) in [6, 6.07) is -0.0625. The van der Waals surface area contributed by atoms with Gasteiger partial charge in [-0.1, -0.05) is 75.3 Å². The van der Waals surface area contributed by atoms with Crippen molar-refractivity contribution >= 4 is 5.97 Å². The molecule has 0 amide bonds. The Kier molecular flexibility index (Phi) is 12.7. The van der Waals surface area contributed by atoms with E-state index in [1.807, 2.05) is 12.2 Å². The first-order valence-corrected chi connectivity index (χ1v) is 17.0. The maximum absolute atomic E-state index is 14.2. The summed E-state index contributed by atoms with van der Waals surface area (Å²) >= 11 is 0. The highest BCUT2D eigenvalue weighted by Crippen LogP contribution is 2.46. The molecule has 2 saturated heterocycles. The third kappa shape index (κ3) is 8.67. The highest BCUT2D eigenvalue weighted by molar-refractivity contribution is 5.78. The van der Waals surface area contributed by atoms with Crippen LogP contribution in [0.5, 0.6) is 0 Å². The fourth-order valence-corrected chi connectivity index (χ4v) is 7.38. The van der Waals surface area contributed by atoms with Crippen molar-refractivity contribution in [2.75, 3.05) is 20.3 Å². The molecule has 4 aliphatic rings. The number of rotatable bonds is 9. The Balaban J connectivity index is 1.75. The van der Waals surface area contributed by atoms with E-state index >= 15 is 0 Å². The van der Waals surface area contributed by atoms with Crippen LogP contribution in [0.2, 0.25) is 0 Å². The molecule has 3 N–H and O–H groups in total. The first kappa shape index (κ1) is 36.7. The molecule has 0 saturated carbocycles. The van der Waals surface area contributed by atoms with Crippen LogP contribution < -0.4 is 5.48 Å². The number of allylic oxidation sites excluding steroid dienone is 5. The molecule has 9 heteroatoms. The lowest BCUT2D eigenvalue weighted by molar-refractivity contribution is -0.300. The van der Waals surface area contributed by atoms with Gasteiger partial charge in [0.1, 0.15) is 29.8 Å². The van der Waals surface area contributed by atoms with Gasteiger partial charge in [0.2, 0.25) is 0 Å². The number of carbonyl (C=O) groups excluding carboxylic acids is 1. The number of nitrogens with one attached hydrogen (secondary N) is 1. The van der Waals surface area contributed by atoms with Crippen molar-refractivity contribution < 1.29 is 38.8 Å². The second kappa shape index (κ2) is 15.9. The number of esters is 1. The Bertz CT molecular complexity index is 1220. The molecule has 4 rings (SSSR count). The van der Waals surface area contributed by atoms with E-state index in [2.05, 4.69) is 65.3 Å². The van der Waals surface area contributed by atoms with Gasteiger partial charge < -0.3 is 34.0 Å². The zero-order valence-electron chi connectivity index (χ0n) is 29.1. The summed E-state index contributed by atoms with van der Waals surface area (Å²) < 4.78 is 25.9. The predicted octanol–water partition coefficient (Wildman–Crippen LogP) is 5.64. The van der Waals surface area contributed by atoms with E-state index in [1.54, 1.807) is 20.1 Å². The Morgan fingerprint density at radius 1 is 1.26 bits per heavy atom. The van der Waals surface area contributed by atoms with Gasteiger partial charge in [-0.15, -0.1) is 0 Å². The fraction of sp³-hybridized carbons (Fsp3) is 0.703. The van der Waals surface area contributed by atoms with E-state index in [0.717, 1.165) is 18.4 Å². The molecule has 1 aliphatic carbocycles. The molecule has 3 heterocycles. The fourth-order valence-electron chi connectivity index (χ4n) is 7.38. The van der Waals surface area contributed by atoms with Gasteiger partial charge in [-0.05, 0) is 63.0 Å². The smallest absolute Gasteiger partial charge is 0.316 e. The number of hydrogen-bond donors (Lipinski definition) is 3. The van der Waals surface area contributed by atoms with Crippen LogP contribution in [-0.4, -0.2) is 78.4 Å². The van der Waals surface area contributed by atoms with Gasteiger partial charge >= 0.3 is 5.97 Å². The predicted molar refractivity (Wildman–Crippen MR) is 177 cm³/mol. The standard InChI is InChI=1S/C37H57NO8/c1-9-29(38-42-8)19-36(44-21-26(6)15-23(2)3)20-31-18-30(46-36)14-13-25(5)16-24(4)11-10-12-28-22-43-34-33(39)27(7)17-32(35(40)45-31)37(28,34)41/h10-13,15,17,23-24,29-34,38-39,41H,9,14,16,18-22H2,1-8H3/t24-,29?,30+,31-,32?,33+,34?,36-,37+/m0/s1. The number of aliphatic hydroxyl groups excluding tert-OH is 1. The molecule has 0 radical (unpaired) electrons. The zero-order valence-corrected chi connectivity index (χ0v) is 29.1. The molecule has 46 heavy (non-hydrogen) atoms. The van der Waals surface area contributed by atoms with Crippen LogP contribution in [0.3, 0.4) is 0 Å². The van der Waals surface area contributed by atoms with Crippen LogP contribution in [0.15, 0.2) is 58.7 Å². The SMILES string of the molecule is CCC(C[C@@]1(OCC(C)=CC(C)C)C[C@@H]2C[C@@H](CC=C(C)C[C@@H](C)C=CC=C3COC4[C@H](O)C(C)=CC(C(=O)O2)[C@]34O)O1)NOC. The van der Waals surface area contributed by atoms with E-state index in [9.17, 15) is 15.0 Å². The first-order valence-electron chi connectivity index (χ1n) is 17.0. The molecule has 3 aliphatic heterocycles. The zero-order chi connectivity index (χ0) is 33.6. The number of carbonyl (C=O) groups is 1. The van der Waals surface area contributed by atoms with Gasteiger partial charge in [-0.25, -0.2) is 0 Å². The largest absolute Gasteiger partial charge is 0.462 e. The molecule has 2 bridgehead atoms. The lowest BCUT2D eigenvalue weighted by Crippen LogP contribution is -2.58.